The maximum Gasteiger partial charge on any atom is 0.469 e. The molecule has 1 aromatic rings. The van der Waals surface area contributed by atoms with Crippen molar-refractivity contribution in [3.8, 4) is 0 Å². The molecule has 0 aromatic carbocycles. The molecule has 1 fully saturated rings. The normalized spacial score (nSPS) is 33.0. The third-order valence-corrected chi connectivity index (χ3v) is 4.35. The van der Waals surface area contributed by atoms with Crippen LogP contribution < -0.4 is 11.1 Å². The minimum absolute atomic E-state index is 0.0404. The molecule has 12 nitrogen and oxygen atoms in total. The molecule has 134 valence electrons. The number of phosphoric ester groups is 1. The quantitative estimate of drug-likeness (QED) is 0.205. The number of aliphatic imine (C=N–C) groups is 1. The first kappa shape index (κ1) is 17.6. The molecule has 0 aliphatic carbocycles. The van der Waals surface area contributed by atoms with Gasteiger partial charge in [-0.3, -0.25) is 9.09 Å². The Kier molecular flexibility index (Phi) is 4.57. The zero-order valence-corrected chi connectivity index (χ0v) is 13.6. The topological polar surface area (TPSA) is 185 Å². The van der Waals surface area contributed by atoms with Gasteiger partial charge in [0.25, 0.3) is 0 Å². The van der Waals surface area contributed by atoms with E-state index in [4.69, 9.17) is 31.9 Å². The fourth-order valence-corrected chi connectivity index (χ4v) is 3.08. The number of aliphatic hydroxyl groups excluding tert-OH is 2. The van der Waals surface area contributed by atoms with Crippen LogP contribution in [-0.4, -0.2) is 60.4 Å². The number of hydrogen-bond acceptors (Lipinski definition) is 9. The number of phosphoric acid groups is 1. The molecule has 0 amide bonds. The van der Waals surface area contributed by atoms with E-state index in [-0.39, 0.29) is 5.96 Å². The number of nitrogens with zero attached hydrogens (tertiary/aromatic N) is 3. The second-order valence-electron chi connectivity index (χ2n) is 5.19. The van der Waals surface area contributed by atoms with Crippen molar-refractivity contribution >= 4 is 31.2 Å². The molecule has 14 heteroatoms. The fourth-order valence-electron chi connectivity index (χ4n) is 2.48. The van der Waals surface area contributed by atoms with E-state index in [1.807, 2.05) is 0 Å². The van der Waals surface area contributed by atoms with Gasteiger partial charge in [-0.05, 0) is 0 Å². The summed E-state index contributed by atoms with van der Waals surface area (Å²) >= 11 is 6.01. The summed E-state index contributed by atoms with van der Waals surface area (Å²) in [5.41, 5.74) is 5.14. The number of imidazole rings is 1. The summed E-state index contributed by atoms with van der Waals surface area (Å²) in [7, 11) is -4.73. The summed E-state index contributed by atoms with van der Waals surface area (Å²) in [6.45, 7) is -0.606. The summed E-state index contributed by atoms with van der Waals surface area (Å²) < 4.78 is 21.9. The zero-order valence-electron chi connectivity index (χ0n) is 11.9. The van der Waals surface area contributed by atoms with Gasteiger partial charge >= 0.3 is 7.82 Å². The second-order valence-corrected chi connectivity index (χ2v) is 6.85. The summed E-state index contributed by atoms with van der Waals surface area (Å²) in [5.74, 6) is 0.369. The minimum Gasteiger partial charge on any atom is -0.387 e. The average Bonchev–Trinajstić information content (AvgIpc) is 3.00. The molecule has 0 saturated carbocycles. The minimum atomic E-state index is -4.73. The molecule has 0 bridgehead atoms. The molecule has 0 spiro atoms. The first-order valence-electron chi connectivity index (χ1n) is 6.70. The van der Waals surface area contributed by atoms with Crippen LogP contribution in [0.5, 0.6) is 0 Å². The lowest BCUT2D eigenvalue weighted by Gasteiger charge is -2.22. The standard InChI is InChI=1S/C10H15ClN5O7P/c11-7-4-8(15-10(12)14-7)16(2-13-4)9-6(18)5(17)3(23-9)1-22-24(19,20)21/h2-3,5-7,9,17-18H,1H2,(H3,12,14,15)(H2,19,20,21)/t3?,5-,6-,7?,9-/m1/s1. The number of alkyl halides is 1. The summed E-state index contributed by atoms with van der Waals surface area (Å²) in [5, 5.41) is 22.9. The Morgan fingerprint density at radius 3 is 2.83 bits per heavy atom. The molecular formula is C10H15ClN5O7P. The molecular weight excluding hydrogens is 369 g/mol. The zero-order chi connectivity index (χ0) is 17.6. The molecule has 5 atom stereocenters. The Morgan fingerprint density at radius 1 is 1.46 bits per heavy atom. The first-order chi connectivity index (χ1) is 11.2. The van der Waals surface area contributed by atoms with Crippen molar-refractivity contribution in [2.75, 3.05) is 11.9 Å². The highest BCUT2D eigenvalue weighted by Crippen LogP contribution is 2.40. The average molecular weight is 384 g/mol. The molecule has 2 aliphatic heterocycles. The van der Waals surface area contributed by atoms with Gasteiger partial charge in [0.2, 0.25) is 0 Å². The molecule has 1 aromatic heterocycles. The number of guanidine groups is 1. The molecule has 2 unspecified atom stereocenters. The van der Waals surface area contributed by atoms with Gasteiger partial charge in [-0.1, -0.05) is 11.6 Å². The number of rotatable bonds is 4. The summed E-state index contributed by atoms with van der Waals surface area (Å²) in [6.07, 6.45) is -3.76. The van der Waals surface area contributed by atoms with Gasteiger partial charge < -0.3 is 35.8 Å². The Hall–Kier alpha value is -1.24. The largest absolute Gasteiger partial charge is 0.469 e. The lowest BCUT2D eigenvalue weighted by molar-refractivity contribution is -0.0511. The fraction of sp³-hybridized carbons (Fsp3) is 0.600. The van der Waals surface area contributed by atoms with E-state index < -0.39 is 44.5 Å². The van der Waals surface area contributed by atoms with Crippen LogP contribution in [0.1, 0.15) is 17.4 Å². The van der Waals surface area contributed by atoms with Crippen LogP contribution in [0.25, 0.3) is 0 Å². The Bertz CT molecular complexity index is 708. The molecule has 7 N–H and O–H groups in total. The molecule has 0 radical (unpaired) electrons. The van der Waals surface area contributed by atoms with Gasteiger partial charge in [-0.2, -0.15) is 0 Å². The molecule has 3 rings (SSSR count). The van der Waals surface area contributed by atoms with Crippen molar-refractivity contribution in [3.63, 3.8) is 0 Å². The van der Waals surface area contributed by atoms with E-state index in [2.05, 4.69) is 19.8 Å². The van der Waals surface area contributed by atoms with E-state index in [0.29, 0.717) is 11.5 Å². The molecule has 1 saturated heterocycles. The monoisotopic (exact) mass is 383 g/mol. The smallest absolute Gasteiger partial charge is 0.387 e. The lowest BCUT2D eigenvalue weighted by Crippen LogP contribution is -2.34. The number of nitrogens with two attached hydrogens (primary N) is 1. The third-order valence-electron chi connectivity index (χ3n) is 3.56. The predicted octanol–water partition coefficient (Wildman–Crippen LogP) is -1.41. The van der Waals surface area contributed by atoms with Gasteiger partial charge in [-0.15, -0.1) is 0 Å². The van der Waals surface area contributed by atoms with Crippen LogP contribution in [0, 0.1) is 0 Å². The Morgan fingerprint density at radius 2 is 2.17 bits per heavy atom. The number of fused-ring (bicyclic) bond motifs is 1. The highest BCUT2D eigenvalue weighted by atomic mass is 35.5. The third kappa shape index (κ3) is 3.27. The van der Waals surface area contributed by atoms with E-state index in [0.717, 1.165) is 0 Å². The second kappa shape index (κ2) is 6.24. The van der Waals surface area contributed by atoms with Crippen LogP contribution in [0.2, 0.25) is 0 Å². The maximum atomic E-state index is 10.8. The number of anilines is 1. The Labute approximate surface area is 140 Å². The van der Waals surface area contributed by atoms with E-state index >= 15 is 0 Å². The summed E-state index contributed by atoms with van der Waals surface area (Å²) in [4.78, 5) is 25.4. The highest BCUT2D eigenvalue weighted by molar-refractivity contribution is 7.46. The predicted molar refractivity (Wildman–Crippen MR) is 80.0 cm³/mol. The number of aliphatic hydroxyl groups is 2. The van der Waals surface area contributed by atoms with Gasteiger partial charge in [0.1, 0.15) is 29.8 Å². The van der Waals surface area contributed by atoms with Crippen molar-refractivity contribution in [1.29, 1.82) is 0 Å². The number of aromatic nitrogens is 2. The van der Waals surface area contributed by atoms with Gasteiger partial charge in [0, 0.05) is 0 Å². The number of ether oxygens (including phenoxy) is 1. The van der Waals surface area contributed by atoms with Gasteiger partial charge in [0.15, 0.2) is 17.7 Å². The molecule has 2 aliphatic rings. The van der Waals surface area contributed by atoms with E-state index in [1.54, 1.807) is 0 Å². The number of nitrogens with one attached hydrogen (secondary N) is 1. The van der Waals surface area contributed by atoms with Crippen molar-refractivity contribution in [1.82, 2.24) is 9.55 Å². The van der Waals surface area contributed by atoms with Gasteiger partial charge in [0.05, 0.1) is 12.9 Å². The van der Waals surface area contributed by atoms with Crippen molar-refractivity contribution < 1.29 is 33.8 Å². The first-order valence-corrected chi connectivity index (χ1v) is 8.67. The van der Waals surface area contributed by atoms with Crippen LogP contribution in [0.3, 0.4) is 0 Å². The number of halogens is 1. The molecule has 24 heavy (non-hydrogen) atoms. The van der Waals surface area contributed by atoms with Crippen molar-refractivity contribution in [3.05, 3.63) is 12.0 Å². The van der Waals surface area contributed by atoms with E-state index in [9.17, 15) is 14.8 Å². The highest BCUT2D eigenvalue weighted by Gasteiger charge is 2.45. The maximum absolute atomic E-state index is 10.8. The SMILES string of the molecule is NC1=NC(Cl)c2ncn([C@@H]3OC(COP(=O)(O)O)[C@@H](O)[C@H]3O)c2N1. The van der Waals surface area contributed by atoms with Crippen molar-refractivity contribution in [2.45, 2.75) is 30.0 Å². The molecule has 3 heterocycles. The van der Waals surface area contributed by atoms with Gasteiger partial charge in [-0.25, -0.2) is 14.5 Å². The Balaban J connectivity index is 1.80. The van der Waals surface area contributed by atoms with Crippen LogP contribution in [0.15, 0.2) is 11.3 Å². The van der Waals surface area contributed by atoms with Crippen LogP contribution in [-0.2, 0) is 13.8 Å². The van der Waals surface area contributed by atoms with Crippen molar-refractivity contribution in [2.24, 2.45) is 10.7 Å². The summed E-state index contributed by atoms with van der Waals surface area (Å²) in [6, 6.07) is 0. The van der Waals surface area contributed by atoms with E-state index in [1.165, 1.54) is 10.9 Å². The lowest BCUT2D eigenvalue weighted by atomic mass is 10.1. The van der Waals surface area contributed by atoms with Crippen LogP contribution >= 0.6 is 19.4 Å². The van der Waals surface area contributed by atoms with Crippen LogP contribution in [0.4, 0.5) is 5.82 Å². The number of hydrogen-bond donors (Lipinski definition) is 6.